The first-order chi connectivity index (χ1) is 11.6. The minimum absolute atomic E-state index is 0.0859. The predicted molar refractivity (Wildman–Crippen MR) is 93.5 cm³/mol. The molecule has 0 aliphatic rings. The molecule has 1 amide bonds. The lowest BCUT2D eigenvalue weighted by Gasteiger charge is -2.10. The summed E-state index contributed by atoms with van der Waals surface area (Å²) >= 11 is 1.05. The van der Waals surface area contributed by atoms with E-state index < -0.39 is 10.0 Å². The van der Waals surface area contributed by atoms with Crippen LogP contribution in [0.4, 0.5) is 0 Å². The van der Waals surface area contributed by atoms with E-state index in [0.29, 0.717) is 31.0 Å². The number of hydrogen-bond donors (Lipinski definition) is 2. The van der Waals surface area contributed by atoms with Crippen molar-refractivity contribution in [2.24, 2.45) is 5.14 Å². The lowest BCUT2D eigenvalue weighted by molar-refractivity contribution is -0.121. The number of nitrogens with one attached hydrogen (secondary N) is 1. The number of sulfonamides is 1. The summed E-state index contributed by atoms with van der Waals surface area (Å²) in [6, 6.07) is 3.07. The monoisotopic (exact) mass is 386 g/mol. The van der Waals surface area contributed by atoms with Crippen LogP contribution < -0.4 is 10.5 Å². The Morgan fingerprint density at radius 1 is 1.36 bits per heavy atom. The van der Waals surface area contributed by atoms with Gasteiger partial charge in [0.1, 0.15) is 4.21 Å². The third-order valence-corrected chi connectivity index (χ3v) is 5.83. The summed E-state index contributed by atoms with van der Waals surface area (Å²) in [7, 11) is -3.69. The van der Waals surface area contributed by atoms with Crippen LogP contribution in [0.25, 0.3) is 0 Å². The van der Waals surface area contributed by atoms with Gasteiger partial charge in [-0.15, -0.1) is 11.3 Å². The minimum atomic E-state index is -3.69. The Morgan fingerprint density at radius 3 is 2.64 bits per heavy atom. The van der Waals surface area contributed by atoms with E-state index in [2.05, 4.69) is 15.5 Å². The van der Waals surface area contributed by atoms with Gasteiger partial charge < -0.3 is 9.84 Å². The number of aromatic nitrogens is 2. The second-order valence-corrected chi connectivity index (χ2v) is 9.61. The summed E-state index contributed by atoms with van der Waals surface area (Å²) in [6.45, 7) is 6.27. The molecule has 25 heavy (non-hydrogen) atoms. The first-order valence-electron chi connectivity index (χ1n) is 7.77. The number of primary sulfonamides is 1. The molecule has 0 saturated heterocycles. The molecule has 2 rings (SSSR count). The molecule has 3 N–H and O–H groups in total. The Kier molecular flexibility index (Phi) is 5.96. The molecule has 0 atom stereocenters. The largest absolute Gasteiger partial charge is 0.351 e. The summed E-state index contributed by atoms with van der Waals surface area (Å²) in [4.78, 5) is 16.9. The van der Waals surface area contributed by atoms with Crippen LogP contribution in [0.5, 0.6) is 0 Å². The molecule has 2 aromatic heterocycles. The van der Waals surface area contributed by atoms with Crippen molar-refractivity contribution in [3.05, 3.63) is 28.7 Å². The molecule has 0 aliphatic carbocycles. The normalized spacial score (nSPS) is 12.3. The highest BCUT2D eigenvalue weighted by Gasteiger charge is 2.20. The fourth-order valence-electron chi connectivity index (χ4n) is 1.94. The molecule has 0 saturated carbocycles. The van der Waals surface area contributed by atoms with Gasteiger partial charge in [-0.25, -0.2) is 13.6 Å². The number of aryl methyl sites for hydroxylation is 1. The molecule has 0 spiro atoms. The molecule has 138 valence electrons. The number of nitrogens with two attached hydrogens (primary N) is 1. The zero-order valence-corrected chi connectivity index (χ0v) is 16.0. The third-order valence-electron chi connectivity index (χ3n) is 3.31. The van der Waals surface area contributed by atoms with Gasteiger partial charge in [0.2, 0.25) is 21.8 Å². The number of nitrogens with zero attached hydrogens (tertiary/aromatic N) is 2. The molecule has 2 heterocycles. The number of amides is 1. The third kappa shape index (κ3) is 5.91. The topological polar surface area (TPSA) is 128 Å². The van der Waals surface area contributed by atoms with E-state index in [9.17, 15) is 13.2 Å². The van der Waals surface area contributed by atoms with Crippen molar-refractivity contribution in [3.63, 3.8) is 0 Å². The van der Waals surface area contributed by atoms with Gasteiger partial charge in [-0.3, -0.25) is 4.79 Å². The van der Waals surface area contributed by atoms with Gasteiger partial charge >= 0.3 is 0 Å². The van der Waals surface area contributed by atoms with Crippen LogP contribution in [0.3, 0.4) is 0 Å². The van der Waals surface area contributed by atoms with Gasteiger partial charge in [0.15, 0.2) is 5.82 Å². The maximum Gasteiger partial charge on any atom is 0.247 e. The van der Waals surface area contributed by atoms with Crippen LogP contribution in [0.1, 0.15) is 50.2 Å². The summed E-state index contributed by atoms with van der Waals surface area (Å²) in [6.07, 6.45) is 1.44. The summed E-state index contributed by atoms with van der Waals surface area (Å²) in [5.41, 5.74) is -0.171. The first kappa shape index (κ1) is 19.5. The van der Waals surface area contributed by atoms with Gasteiger partial charge in [-0.2, -0.15) is 4.98 Å². The van der Waals surface area contributed by atoms with Crippen LogP contribution in [-0.2, 0) is 33.2 Å². The zero-order chi connectivity index (χ0) is 18.7. The SMILES string of the molecule is CC(C)(C)c1noc(CCCC(=O)NCc2ccc(S(N)(=O)=O)s2)n1. The van der Waals surface area contributed by atoms with E-state index in [1.165, 1.54) is 6.07 Å². The second-order valence-electron chi connectivity index (χ2n) is 6.66. The van der Waals surface area contributed by atoms with Gasteiger partial charge in [-0.05, 0) is 18.6 Å². The predicted octanol–water partition coefficient (Wildman–Crippen LogP) is 1.72. The highest BCUT2D eigenvalue weighted by Crippen LogP contribution is 2.20. The fraction of sp³-hybridized carbons (Fsp3) is 0.533. The molecular formula is C15H22N4O4S2. The lowest BCUT2D eigenvalue weighted by atomic mass is 9.96. The molecule has 0 radical (unpaired) electrons. The van der Waals surface area contributed by atoms with E-state index in [1.54, 1.807) is 6.07 Å². The summed E-state index contributed by atoms with van der Waals surface area (Å²) in [5, 5.41) is 11.7. The van der Waals surface area contributed by atoms with Gasteiger partial charge in [0.25, 0.3) is 0 Å². The lowest BCUT2D eigenvalue weighted by Crippen LogP contribution is -2.22. The number of carbonyl (C=O) groups is 1. The smallest absolute Gasteiger partial charge is 0.247 e. The average Bonchev–Trinajstić information content (AvgIpc) is 3.13. The number of thiophene rings is 1. The number of rotatable bonds is 7. The summed E-state index contributed by atoms with van der Waals surface area (Å²) in [5.74, 6) is 1.05. The maximum absolute atomic E-state index is 11.9. The highest BCUT2D eigenvalue weighted by molar-refractivity contribution is 7.91. The Hall–Kier alpha value is -1.78. The van der Waals surface area contributed by atoms with Crippen LogP contribution in [0.15, 0.2) is 20.9 Å². The number of hydrogen-bond acceptors (Lipinski definition) is 7. The van der Waals surface area contributed by atoms with Crippen molar-refractivity contribution in [1.29, 1.82) is 0 Å². The molecule has 0 fully saturated rings. The van der Waals surface area contributed by atoms with E-state index in [0.717, 1.165) is 16.2 Å². The van der Waals surface area contributed by atoms with Crippen molar-refractivity contribution in [3.8, 4) is 0 Å². The Bertz CT molecular complexity index is 834. The van der Waals surface area contributed by atoms with Crippen LogP contribution in [0.2, 0.25) is 0 Å². The van der Waals surface area contributed by atoms with Crippen molar-refractivity contribution in [2.45, 2.75) is 56.2 Å². The minimum Gasteiger partial charge on any atom is -0.351 e. The first-order valence-corrected chi connectivity index (χ1v) is 10.1. The van der Waals surface area contributed by atoms with Crippen molar-refractivity contribution in [2.75, 3.05) is 0 Å². The molecule has 0 aliphatic heterocycles. The number of carbonyl (C=O) groups excluding carboxylic acids is 1. The Labute approximate surface area is 150 Å². The van der Waals surface area contributed by atoms with E-state index in [-0.39, 0.29) is 22.1 Å². The standard InChI is InChI=1S/C15H22N4O4S2/c1-15(2,3)14-18-12(23-19-14)6-4-5-11(20)17-9-10-7-8-13(24-10)25(16,21)22/h7-8H,4-6,9H2,1-3H3,(H,17,20)(H2,16,21,22). The van der Waals surface area contributed by atoms with Crippen LogP contribution in [-0.4, -0.2) is 24.5 Å². The zero-order valence-electron chi connectivity index (χ0n) is 14.4. The molecule has 8 nitrogen and oxygen atoms in total. The molecule has 0 unspecified atom stereocenters. The average molecular weight is 386 g/mol. The van der Waals surface area contributed by atoms with E-state index in [4.69, 9.17) is 9.66 Å². The molecule has 0 aromatic carbocycles. The Morgan fingerprint density at radius 2 is 2.08 bits per heavy atom. The van der Waals surface area contributed by atoms with Crippen LogP contribution in [0, 0.1) is 0 Å². The Balaban J connectivity index is 1.74. The van der Waals surface area contributed by atoms with Crippen molar-refractivity contribution < 1.29 is 17.7 Å². The van der Waals surface area contributed by atoms with Gasteiger partial charge in [0.05, 0.1) is 6.54 Å². The van der Waals surface area contributed by atoms with Crippen LogP contribution >= 0.6 is 11.3 Å². The molecular weight excluding hydrogens is 364 g/mol. The molecule has 0 bridgehead atoms. The van der Waals surface area contributed by atoms with Crippen molar-refractivity contribution in [1.82, 2.24) is 15.5 Å². The highest BCUT2D eigenvalue weighted by atomic mass is 32.2. The quantitative estimate of drug-likeness (QED) is 0.745. The van der Waals surface area contributed by atoms with Gasteiger partial charge in [0, 0.05) is 23.1 Å². The molecule has 2 aromatic rings. The summed E-state index contributed by atoms with van der Waals surface area (Å²) < 4.78 is 27.7. The van der Waals surface area contributed by atoms with E-state index in [1.807, 2.05) is 20.8 Å². The molecule has 10 heteroatoms. The maximum atomic E-state index is 11.9. The second kappa shape index (κ2) is 7.63. The van der Waals surface area contributed by atoms with Crippen molar-refractivity contribution >= 4 is 27.3 Å². The van der Waals surface area contributed by atoms with Gasteiger partial charge in [-0.1, -0.05) is 25.9 Å². The van der Waals surface area contributed by atoms with E-state index >= 15 is 0 Å². The fourth-order valence-corrected chi connectivity index (χ4v) is 3.66.